The number of anilines is 1. The molecular weight excluding hydrogens is 352 g/mol. The molecule has 1 fully saturated rings. The minimum atomic E-state index is -2.63. The van der Waals surface area contributed by atoms with Gasteiger partial charge in [0.05, 0.1) is 6.54 Å². The van der Waals surface area contributed by atoms with E-state index in [9.17, 15) is 13.6 Å². The highest BCUT2D eigenvalue weighted by molar-refractivity contribution is 5.90. The van der Waals surface area contributed by atoms with Crippen LogP contribution in [0.15, 0.2) is 48.8 Å². The number of benzene rings is 1. The Hall–Kier alpha value is -3.03. The molecule has 1 N–H and O–H groups in total. The average molecular weight is 371 g/mol. The predicted molar refractivity (Wildman–Crippen MR) is 95.6 cm³/mol. The van der Waals surface area contributed by atoms with Crippen LogP contribution in [0.2, 0.25) is 0 Å². The number of nitrogens with one attached hydrogen (secondary N) is 1. The van der Waals surface area contributed by atoms with E-state index in [2.05, 4.69) is 15.5 Å². The number of hydrogen-bond donors (Lipinski definition) is 1. The number of hydrogen-bond acceptors (Lipinski definition) is 3. The minimum absolute atomic E-state index is 0.0814. The zero-order valence-corrected chi connectivity index (χ0v) is 14.6. The van der Waals surface area contributed by atoms with Crippen molar-refractivity contribution < 1.29 is 13.6 Å². The average Bonchev–Trinajstić information content (AvgIpc) is 3.17. The van der Waals surface area contributed by atoms with E-state index in [1.165, 1.54) is 10.7 Å². The van der Waals surface area contributed by atoms with Gasteiger partial charge in [0.1, 0.15) is 12.2 Å². The molecule has 0 unspecified atom stereocenters. The number of rotatable bonds is 7. The van der Waals surface area contributed by atoms with Gasteiger partial charge in [0.15, 0.2) is 0 Å². The molecule has 2 heterocycles. The molecule has 1 saturated carbocycles. The molecule has 140 valence electrons. The van der Waals surface area contributed by atoms with Crippen LogP contribution >= 0.6 is 0 Å². The minimum Gasteiger partial charge on any atom is -0.324 e. The molecule has 0 aliphatic heterocycles. The second kappa shape index (κ2) is 7.30. The molecule has 1 aromatic carbocycles. The molecule has 0 atom stereocenters. The quantitative estimate of drug-likeness (QED) is 0.690. The first-order valence-electron chi connectivity index (χ1n) is 8.80. The summed E-state index contributed by atoms with van der Waals surface area (Å²) in [6.45, 7) is 0.515. The zero-order chi connectivity index (χ0) is 18.8. The van der Waals surface area contributed by atoms with Crippen molar-refractivity contribution in [1.29, 1.82) is 0 Å². The topological polar surface area (TPSA) is 64.7 Å². The van der Waals surface area contributed by atoms with Gasteiger partial charge in [-0.2, -0.15) is 10.2 Å². The normalized spacial score (nSPS) is 13.9. The lowest BCUT2D eigenvalue weighted by atomic mass is 10.2. The van der Waals surface area contributed by atoms with Crippen molar-refractivity contribution in [2.45, 2.75) is 38.3 Å². The highest BCUT2D eigenvalue weighted by Crippen LogP contribution is 2.41. The summed E-state index contributed by atoms with van der Waals surface area (Å²) >= 11 is 0. The van der Waals surface area contributed by atoms with Gasteiger partial charge < -0.3 is 5.32 Å². The van der Waals surface area contributed by atoms with Crippen LogP contribution in [0.4, 0.5) is 14.5 Å². The number of aromatic nitrogens is 4. The number of carbonyl (C=O) groups is 1. The Morgan fingerprint density at radius 2 is 2.11 bits per heavy atom. The molecule has 1 aliphatic carbocycles. The summed E-state index contributed by atoms with van der Waals surface area (Å²) in [7, 11) is 0. The molecular formula is C19H19F2N5O. The molecule has 0 bridgehead atoms. The number of halogens is 2. The maximum Gasteiger partial charge on any atom is 0.282 e. The predicted octanol–water partition coefficient (Wildman–Crippen LogP) is 3.58. The Morgan fingerprint density at radius 3 is 2.81 bits per heavy atom. The monoisotopic (exact) mass is 371 g/mol. The summed E-state index contributed by atoms with van der Waals surface area (Å²) in [5.41, 5.74) is 2.09. The van der Waals surface area contributed by atoms with Crippen LogP contribution in [-0.4, -0.2) is 25.5 Å². The van der Waals surface area contributed by atoms with Gasteiger partial charge in [-0.05, 0) is 42.7 Å². The fourth-order valence-electron chi connectivity index (χ4n) is 3.06. The maximum absolute atomic E-state index is 12.9. The first kappa shape index (κ1) is 17.4. The Morgan fingerprint density at radius 1 is 1.26 bits per heavy atom. The molecule has 0 spiro atoms. The van der Waals surface area contributed by atoms with Crippen LogP contribution in [0.1, 0.15) is 42.1 Å². The van der Waals surface area contributed by atoms with Crippen LogP contribution in [0.5, 0.6) is 0 Å². The Kier molecular flexibility index (Phi) is 4.70. The third-order valence-electron chi connectivity index (χ3n) is 4.46. The third-order valence-corrected chi connectivity index (χ3v) is 4.46. The van der Waals surface area contributed by atoms with Crippen LogP contribution < -0.4 is 5.32 Å². The van der Waals surface area contributed by atoms with Crippen LogP contribution in [0.25, 0.3) is 0 Å². The van der Waals surface area contributed by atoms with Gasteiger partial charge in [0, 0.05) is 29.7 Å². The van der Waals surface area contributed by atoms with Crippen molar-refractivity contribution in [3.05, 3.63) is 65.7 Å². The second-order valence-electron chi connectivity index (χ2n) is 6.68. The summed E-state index contributed by atoms with van der Waals surface area (Å²) in [5.74, 6) is -0.0627. The van der Waals surface area contributed by atoms with Crippen molar-refractivity contribution in [3.8, 4) is 0 Å². The molecule has 2 aromatic heterocycles. The molecule has 4 rings (SSSR count). The molecule has 3 aromatic rings. The molecule has 1 aliphatic rings. The van der Waals surface area contributed by atoms with E-state index in [0.717, 1.165) is 18.4 Å². The SMILES string of the molecule is O=C(Cn1nc(C(F)F)cc1C1CC1)Nc1cccc(Cn2cccn2)c1. The van der Waals surface area contributed by atoms with Crippen molar-refractivity contribution >= 4 is 11.6 Å². The smallest absolute Gasteiger partial charge is 0.282 e. The summed E-state index contributed by atoms with van der Waals surface area (Å²) in [6, 6.07) is 10.7. The lowest BCUT2D eigenvalue weighted by Crippen LogP contribution is -2.21. The summed E-state index contributed by atoms with van der Waals surface area (Å²) in [4.78, 5) is 12.4. The van der Waals surface area contributed by atoms with Gasteiger partial charge >= 0.3 is 0 Å². The first-order valence-corrected chi connectivity index (χ1v) is 8.80. The first-order chi connectivity index (χ1) is 13.1. The highest BCUT2D eigenvalue weighted by Gasteiger charge is 2.30. The Bertz CT molecular complexity index is 931. The van der Waals surface area contributed by atoms with E-state index >= 15 is 0 Å². The second-order valence-corrected chi connectivity index (χ2v) is 6.68. The van der Waals surface area contributed by atoms with Crippen molar-refractivity contribution in [2.75, 3.05) is 5.32 Å². The van der Waals surface area contributed by atoms with Crippen molar-refractivity contribution in [2.24, 2.45) is 0 Å². The zero-order valence-electron chi connectivity index (χ0n) is 14.6. The fourth-order valence-corrected chi connectivity index (χ4v) is 3.06. The molecule has 0 radical (unpaired) electrons. The lowest BCUT2D eigenvalue weighted by molar-refractivity contribution is -0.117. The number of carbonyl (C=O) groups excluding carboxylic acids is 1. The largest absolute Gasteiger partial charge is 0.324 e. The number of alkyl halides is 2. The summed E-state index contributed by atoms with van der Waals surface area (Å²) in [6.07, 6.45) is 2.84. The molecule has 1 amide bonds. The molecule has 6 nitrogen and oxygen atoms in total. The van der Waals surface area contributed by atoms with Crippen molar-refractivity contribution in [1.82, 2.24) is 19.6 Å². The van der Waals surface area contributed by atoms with Gasteiger partial charge in [-0.25, -0.2) is 8.78 Å². The number of amides is 1. The standard InChI is InChI=1S/C19H19F2N5O/c20-19(21)16-10-17(14-5-6-14)26(24-16)12-18(27)23-15-4-1-3-13(9-15)11-25-8-2-7-22-25/h1-4,7-10,14,19H,5-6,11-12H2,(H,23,27). The third kappa shape index (κ3) is 4.21. The van der Waals surface area contributed by atoms with E-state index in [4.69, 9.17) is 0 Å². The van der Waals surface area contributed by atoms with Gasteiger partial charge in [-0.3, -0.25) is 14.2 Å². The van der Waals surface area contributed by atoms with Gasteiger partial charge in [-0.1, -0.05) is 12.1 Å². The maximum atomic E-state index is 12.9. The lowest BCUT2D eigenvalue weighted by Gasteiger charge is -2.09. The molecule has 0 saturated heterocycles. The summed E-state index contributed by atoms with van der Waals surface area (Å²) < 4.78 is 29.1. The highest BCUT2D eigenvalue weighted by atomic mass is 19.3. The van der Waals surface area contributed by atoms with E-state index in [1.54, 1.807) is 16.9 Å². The molecule has 27 heavy (non-hydrogen) atoms. The van der Waals surface area contributed by atoms with Crippen molar-refractivity contribution in [3.63, 3.8) is 0 Å². The van der Waals surface area contributed by atoms with Gasteiger partial charge in [0.25, 0.3) is 6.43 Å². The summed E-state index contributed by atoms with van der Waals surface area (Å²) in [5, 5.41) is 10.9. The van der Waals surface area contributed by atoms with E-state index in [1.807, 2.05) is 30.5 Å². The molecule has 8 heteroatoms. The van der Waals surface area contributed by atoms with Gasteiger partial charge in [-0.15, -0.1) is 0 Å². The Labute approximate surface area is 154 Å². The van der Waals surface area contributed by atoms with Gasteiger partial charge in [0.2, 0.25) is 5.91 Å². The van der Waals surface area contributed by atoms with Crippen LogP contribution in [0.3, 0.4) is 0 Å². The van der Waals surface area contributed by atoms with E-state index in [-0.39, 0.29) is 24.1 Å². The van der Waals surface area contributed by atoms with Crippen LogP contribution in [-0.2, 0) is 17.9 Å². The number of nitrogens with zero attached hydrogens (tertiary/aromatic N) is 4. The van der Waals surface area contributed by atoms with E-state index < -0.39 is 6.43 Å². The Balaban J connectivity index is 1.44. The van der Waals surface area contributed by atoms with Crippen LogP contribution in [0, 0.1) is 0 Å². The fraction of sp³-hybridized carbons (Fsp3) is 0.316. The van der Waals surface area contributed by atoms with E-state index in [0.29, 0.717) is 17.9 Å².